The SMILES string of the molecule is Cc1ccccc1CN1[C@@H]2CC[C@H]1CC(Oc1cccc(C(N)=O)c1)C2. The first-order chi connectivity index (χ1) is 12.6. The minimum absolute atomic E-state index is 0.212. The standard InChI is InChI=1S/C22H26N2O2/c1-15-5-2-3-6-17(15)14-24-18-9-10-19(24)13-21(12-18)26-20-8-4-7-16(11-20)22(23)25/h2-8,11,18-19,21H,9-10,12-14H2,1H3,(H2,23,25)/t18-,19+,21?. The van der Waals surface area contributed by atoms with Crippen molar-refractivity contribution >= 4 is 5.91 Å². The van der Waals surface area contributed by atoms with E-state index in [1.54, 1.807) is 12.1 Å². The number of primary amides is 1. The maximum absolute atomic E-state index is 11.4. The number of fused-ring (bicyclic) bond motifs is 2. The van der Waals surface area contributed by atoms with Crippen molar-refractivity contribution in [2.24, 2.45) is 5.73 Å². The van der Waals surface area contributed by atoms with E-state index in [0.717, 1.165) is 25.1 Å². The summed E-state index contributed by atoms with van der Waals surface area (Å²) in [6.45, 7) is 3.23. The van der Waals surface area contributed by atoms with E-state index in [1.165, 1.54) is 24.0 Å². The molecule has 1 unspecified atom stereocenters. The summed E-state index contributed by atoms with van der Waals surface area (Å²) in [5.41, 5.74) is 8.67. The van der Waals surface area contributed by atoms with Crippen LogP contribution in [0.5, 0.6) is 5.75 Å². The average molecular weight is 350 g/mol. The number of nitrogens with two attached hydrogens (primary N) is 1. The molecule has 2 aliphatic heterocycles. The Hall–Kier alpha value is -2.33. The maximum atomic E-state index is 11.4. The molecule has 2 aliphatic rings. The molecule has 0 spiro atoms. The summed E-state index contributed by atoms with van der Waals surface area (Å²) in [5, 5.41) is 0. The van der Waals surface area contributed by atoms with Crippen molar-refractivity contribution in [2.75, 3.05) is 0 Å². The molecule has 1 amide bonds. The van der Waals surface area contributed by atoms with E-state index in [2.05, 4.69) is 36.1 Å². The molecule has 0 aliphatic carbocycles. The highest BCUT2D eigenvalue weighted by molar-refractivity contribution is 5.93. The molecule has 4 nitrogen and oxygen atoms in total. The predicted octanol–water partition coefficient (Wildman–Crippen LogP) is 3.67. The number of aryl methyl sites for hydroxylation is 1. The summed E-state index contributed by atoms with van der Waals surface area (Å²) in [7, 11) is 0. The number of hydrogen-bond donors (Lipinski definition) is 1. The maximum Gasteiger partial charge on any atom is 0.248 e. The van der Waals surface area contributed by atoms with Crippen LogP contribution in [-0.2, 0) is 6.54 Å². The summed E-state index contributed by atoms with van der Waals surface area (Å²) >= 11 is 0. The fourth-order valence-corrected chi connectivity index (χ4v) is 4.48. The van der Waals surface area contributed by atoms with Crippen molar-refractivity contribution in [1.29, 1.82) is 0 Å². The Kier molecular flexibility index (Phi) is 4.68. The lowest BCUT2D eigenvalue weighted by atomic mass is 9.98. The molecule has 0 aromatic heterocycles. The number of amides is 1. The number of nitrogens with zero attached hydrogens (tertiary/aromatic N) is 1. The molecule has 2 heterocycles. The fraction of sp³-hybridized carbons (Fsp3) is 0.409. The molecule has 2 bridgehead atoms. The van der Waals surface area contributed by atoms with Gasteiger partial charge in [0.15, 0.2) is 0 Å². The average Bonchev–Trinajstić information content (AvgIpc) is 2.86. The van der Waals surface area contributed by atoms with Crippen LogP contribution in [0.3, 0.4) is 0 Å². The third-order valence-electron chi connectivity index (χ3n) is 5.88. The van der Waals surface area contributed by atoms with Gasteiger partial charge in [0.1, 0.15) is 11.9 Å². The van der Waals surface area contributed by atoms with Crippen LogP contribution < -0.4 is 10.5 Å². The van der Waals surface area contributed by atoms with Crippen molar-refractivity contribution in [3.05, 3.63) is 65.2 Å². The van der Waals surface area contributed by atoms with Gasteiger partial charge < -0.3 is 10.5 Å². The highest BCUT2D eigenvalue weighted by atomic mass is 16.5. The van der Waals surface area contributed by atoms with Crippen LogP contribution in [0, 0.1) is 6.92 Å². The highest BCUT2D eigenvalue weighted by Crippen LogP contribution is 2.38. The van der Waals surface area contributed by atoms with E-state index in [4.69, 9.17) is 10.5 Å². The quantitative estimate of drug-likeness (QED) is 0.895. The first-order valence-electron chi connectivity index (χ1n) is 9.47. The van der Waals surface area contributed by atoms with Crippen molar-refractivity contribution in [1.82, 2.24) is 4.90 Å². The summed E-state index contributed by atoms with van der Waals surface area (Å²) in [5.74, 6) is 0.335. The van der Waals surface area contributed by atoms with Gasteiger partial charge in [-0.3, -0.25) is 9.69 Å². The molecule has 4 heteroatoms. The van der Waals surface area contributed by atoms with E-state index in [0.29, 0.717) is 17.6 Å². The molecule has 2 aromatic carbocycles. The van der Waals surface area contributed by atoms with Gasteiger partial charge in [-0.15, -0.1) is 0 Å². The van der Waals surface area contributed by atoms with E-state index in [-0.39, 0.29) is 6.10 Å². The molecule has 2 saturated heterocycles. The normalized spacial score (nSPS) is 25.2. The Morgan fingerprint density at radius 2 is 1.85 bits per heavy atom. The third-order valence-corrected chi connectivity index (χ3v) is 5.88. The van der Waals surface area contributed by atoms with Gasteiger partial charge in [-0.05, 0) is 61.9 Å². The minimum Gasteiger partial charge on any atom is -0.490 e. The zero-order valence-electron chi connectivity index (χ0n) is 15.2. The van der Waals surface area contributed by atoms with E-state index >= 15 is 0 Å². The molecule has 136 valence electrons. The van der Waals surface area contributed by atoms with Crippen LogP contribution in [0.4, 0.5) is 0 Å². The Balaban J connectivity index is 1.43. The Bertz CT molecular complexity index is 790. The summed E-state index contributed by atoms with van der Waals surface area (Å²) in [6, 6.07) is 17.1. The molecule has 0 radical (unpaired) electrons. The second-order valence-corrected chi connectivity index (χ2v) is 7.59. The van der Waals surface area contributed by atoms with Crippen molar-refractivity contribution < 1.29 is 9.53 Å². The predicted molar refractivity (Wildman–Crippen MR) is 102 cm³/mol. The zero-order valence-corrected chi connectivity index (χ0v) is 15.2. The van der Waals surface area contributed by atoms with Gasteiger partial charge in [-0.25, -0.2) is 0 Å². The monoisotopic (exact) mass is 350 g/mol. The molecule has 3 atom stereocenters. The van der Waals surface area contributed by atoms with E-state index < -0.39 is 5.91 Å². The molecular formula is C22H26N2O2. The largest absolute Gasteiger partial charge is 0.490 e. The summed E-state index contributed by atoms with van der Waals surface area (Å²) in [4.78, 5) is 14.0. The van der Waals surface area contributed by atoms with Crippen molar-refractivity contribution in [2.45, 2.75) is 57.3 Å². The van der Waals surface area contributed by atoms with Crippen LogP contribution in [0.25, 0.3) is 0 Å². The number of benzene rings is 2. The molecule has 4 rings (SSSR count). The van der Waals surface area contributed by atoms with Gasteiger partial charge in [0.2, 0.25) is 5.91 Å². The van der Waals surface area contributed by atoms with Gasteiger partial charge in [-0.2, -0.15) is 0 Å². The molecule has 26 heavy (non-hydrogen) atoms. The van der Waals surface area contributed by atoms with E-state index in [1.807, 2.05) is 12.1 Å². The number of piperidine rings is 1. The lowest BCUT2D eigenvalue weighted by Gasteiger charge is -2.39. The Morgan fingerprint density at radius 1 is 1.12 bits per heavy atom. The number of carbonyl (C=O) groups is 1. The van der Waals surface area contributed by atoms with Crippen LogP contribution >= 0.6 is 0 Å². The second kappa shape index (κ2) is 7.12. The smallest absolute Gasteiger partial charge is 0.248 e. The summed E-state index contributed by atoms with van der Waals surface area (Å²) < 4.78 is 6.21. The van der Waals surface area contributed by atoms with Crippen LogP contribution in [-0.4, -0.2) is 29.0 Å². The highest BCUT2D eigenvalue weighted by Gasteiger charge is 2.41. The molecule has 0 saturated carbocycles. The number of ether oxygens (including phenoxy) is 1. The molecule has 2 aromatic rings. The van der Waals surface area contributed by atoms with Crippen molar-refractivity contribution in [3.63, 3.8) is 0 Å². The van der Waals surface area contributed by atoms with Crippen molar-refractivity contribution in [3.8, 4) is 5.75 Å². The van der Waals surface area contributed by atoms with E-state index in [9.17, 15) is 4.79 Å². The topological polar surface area (TPSA) is 55.6 Å². The first kappa shape index (κ1) is 17.1. The van der Waals surface area contributed by atoms with Gasteiger partial charge in [0, 0.05) is 24.2 Å². The molecule has 2 fully saturated rings. The Labute approximate surface area is 155 Å². The van der Waals surface area contributed by atoms with Gasteiger partial charge in [0.25, 0.3) is 0 Å². The number of rotatable bonds is 5. The molecular weight excluding hydrogens is 324 g/mol. The first-order valence-corrected chi connectivity index (χ1v) is 9.47. The lowest BCUT2D eigenvalue weighted by Crippen LogP contribution is -2.45. The number of hydrogen-bond acceptors (Lipinski definition) is 3. The van der Waals surface area contributed by atoms with Gasteiger partial charge >= 0.3 is 0 Å². The zero-order chi connectivity index (χ0) is 18.1. The minimum atomic E-state index is -0.413. The number of carbonyl (C=O) groups excluding carboxylic acids is 1. The lowest BCUT2D eigenvalue weighted by molar-refractivity contribution is 0.0444. The Morgan fingerprint density at radius 3 is 2.54 bits per heavy atom. The van der Waals surface area contributed by atoms with Gasteiger partial charge in [-0.1, -0.05) is 30.3 Å². The van der Waals surface area contributed by atoms with Crippen LogP contribution in [0.2, 0.25) is 0 Å². The third kappa shape index (κ3) is 3.47. The molecule has 2 N–H and O–H groups in total. The van der Waals surface area contributed by atoms with Crippen LogP contribution in [0.1, 0.15) is 47.2 Å². The van der Waals surface area contributed by atoms with Gasteiger partial charge in [0.05, 0.1) is 0 Å². The van der Waals surface area contributed by atoms with Crippen LogP contribution in [0.15, 0.2) is 48.5 Å². The summed E-state index contributed by atoms with van der Waals surface area (Å²) in [6.07, 6.45) is 4.80. The fourth-order valence-electron chi connectivity index (χ4n) is 4.48. The second-order valence-electron chi connectivity index (χ2n) is 7.59.